The van der Waals surface area contributed by atoms with Gasteiger partial charge in [0, 0.05) is 30.9 Å². The summed E-state index contributed by atoms with van der Waals surface area (Å²) < 4.78 is 5.34. The number of nitrogens with zero attached hydrogens (tertiary/aromatic N) is 2. The van der Waals surface area contributed by atoms with Crippen LogP contribution in [0.25, 0.3) is 11.1 Å². The number of rotatable bonds is 3. The van der Waals surface area contributed by atoms with Gasteiger partial charge in [0.25, 0.3) is 5.69 Å². The number of hydrogen-bond acceptors (Lipinski definition) is 4. The van der Waals surface area contributed by atoms with E-state index in [2.05, 4.69) is 4.90 Å². The number of hydrogen-bond donors (Lipinski definition) is 0. The second-order valence-corrected chi connectivity index (χ2v) is 4.96. The molecule has 0 aromatic heterocycles. The molecule has 0 bridgehead atoms. The molecule has 0 radical (unpaired) electrons. The lowest BCUT2D eigenvalue weighted by molar-refractivity contribution is -0.384. The first-order chi connectivity index (χ1) is 10.2. The Balaban J connectivity index is 2.03. The highest BCUT2D eigenvalue weighted by molar-refractivity contribution is 5.72. The molecule has 1 fully saturated rings. The van der Waals surface area contributed by atoms with Crippen LogP contribution in [0.15, 0.2) is 48.5 Å². The maximum Gasteiger partial charge on any atom is 0.272 e. The lowest BCUT2D eigenvalue weighted by atomic mass is 10.0. The van der Waals surface area contributed by atoms with Gasteiger partial charge in [-0.05, 0) is 17.2 Å². The van der Waals surface area contributed by atoms with Crippen LogP contribution in [0.5, 0.6) is 0 Å². The Kier molecular flexibility index (Phi) is 3.83. The van der Waals surface area contributed by atoms with E-state index in [9.17, 15) is 10.1 Å². The summed E-state index contributed by atoms with van der Waals surface area (Å²) in [6.45, 7) is 2.83. The highest BCUT2D eigenvalue weighted by Crippen LogP contribution is 2.30. The van der Waals surface area contributed by atoms with Crippen LogP contribution in [0, 0.1) is 10.1 Å². The van der Waals surface area contributed by atoms with Gasteiger partial charge >= 0.3 is 0 Å². The largest absolute Gasteiger partial charge is 0.378 e. The Labute approximate surface area is 122 Å². The first kappa shape index (κ1) is 13.6. The van der Waals surface area contributed by atoms with Gasteiger partial charge in [0.15, 0.2) is 0 Å². The summed E-state index contributed by atoms with van der Waals surface area (Å²) in [5.74, 6) is 0. The summed E-state index contributed by atoms with van der Waals surface area (Å²) in [4.78, 5) is 13.0. The summed E-state index contributed by atoms with van der Waals surface area (Å²) in [6, 6.07) is 15.0. The Morgan fingerprint density at radius 3 is 2.38 bits per heavy atom. The molecule has 0 spiro atoms. The predicted molar refractivity (Wildman–Crippen MR) is 81.6 cm³/mol. The second kappa shape index (κ2) is 5.93. The molecule has 1 saturated heterocycles. The molecule has 5 nitrogen and oxygen atoms in total. The standard InChI is InChI=1S/C16H16N2O3/c19-18(20)16-11-14(13-4-2-1-3-5-13)10-15(12-16)17-6-8-21-9-7-17/h1-5,10-12H,6-9H2. The van der Waals surface area contributed by atoms with Crippen LogP contribution in [0.3, 0.4) is 0 Å². The fourth-order valence-corrected chi connectivity index (χ4v) is 2.50. The fourth-order valence-electron chi connectivity index (χ4n) is 2.50. The van der Waals surface area contributed by atoms with Gasteiger partial charge in [-0.1, -0.05) is 30.3 Å². The Hall–Kier alpha value is -2.40. The zero-order chi connectivity index (χ0) is 14.7. The second-order valence-electron chi connectivity index (χ2n) is 4.96. The third kappa shape index (κ3) is 3.03. The molecule has 108 valence electrons. The van der Waals surface area contributed by atoms with E-state index in [1.165, 1.54) is 0 Å². The predicted octanol–water partition coefficient (Wildman–Crippen LogP) is 3.10. The zero-order valence-electron chi connectivity index (χ0n) is 11.6. The molecule has 2 aromatic rings. The Morgan fingerprint density at radius 2 is 1.71 bits per heavy atom. The van der Waals surface area contributed by atoms with Crippen LogP contribution >= 0.6 is 0 Å². The van der Waals surface area contributed by atoms with Crippen molar-refractivity contribution in [3.63, 3.8) is 0 Å². The maximum absolute atomic E-state index is 11.2. The normalized spacial score (nSPS) is 15.0. The number of nitro groups is 1. The van der Waals surface area contributed by atoms with Gasteiger partial charge < -0.3 is 9.64 Å². The molecule has 1 heterocycles. The van der Waals surface area contributed by atoms with Crippen molar-refractivity contribution >= 4 is 11.4 Å². The van der Waals surface area contributed by atoms with E-state index in [1.54, 1.807) is 12.1 Å². The maximum atomic E-state index is 11.2. The van der Waals surface area contributed by atoms with E-state index in [0.29, 0.717) is 13.2 Å². The minimum atomic E-state index is -0.337. The molecule has 3 rings (SSSR count). The van der Waals surface area contributed by atoms with Crippen molar-refractivity contribution in [1.82, 2.24) is 0 Å². The lowest BCUT2D eigenvalue weighted by Crippen LogP contribution is -2.36. The smallest absolute Gasteiger partial charge is 0.272 e. The van der Waals surface area contributed by atoms with Gasteiger partial charge in [0.05, 0.1) is 18.1 Å². The van der Waals surface area contributed by atoms with Crippen LogP contribution in [0.4, 0.5) is 11.4 Å². The topological polar surface area (TPSA) is 55.6 Å². The van der Waals surface area contributed by atoms with E-state index in [1.807, 2.05) is 36.4 Å². The SMILES string of the molecule is O=[N+]([O-])c1cc(-c2ccccc2)cc(N2CCOCC2)c1. The molecule has 5 heteroatoms. The summed E-state index contributed by atoms with van der Waals surface area (Å²) in [7, 11) is 0. The molecule has 0 saturated carbocycles. The summed E-state index contributed by atoms with van der Waals surface area (Å²) in [5, 5.41) is 11.2. The average Bonchev–Trinajstić information content (AvgIpc) is 2.56. The summed E-state index contributed by atoms with van der Waals surface area (Å²) in [6.07, 6.45) is 0. The van der Waals surface area contributed by atoms with Crippen molar-refractivity contribution < 1.29 is 9.66 Å². The fraction of sp³-hybridized carbons (Fsp3) is 0.250. The molecule has 1 aliphatic rings. The number of anilines is 1. The molecule has 0 amide bonds. The Morgan fingerprint density at radius 1 is 1.00 bits per heavy atom. The van der Waals surface area contributed by atoms with Crippen molar-refractivity contribution in [2.24, 2.45) is 0 Å². The van der Waals surface area contributed by atoms with Crippen molar-refractivity contribution in [2.45, 2.75) is 0 Å². The van der Waals surface area contributed by atoms with Crippen LogP contribution in [-0.2, 0) is 4.74 Å². The van der Waals surface area contributed by atoms with Crippen molar-refractivity contribution in [2.75, 3.05) is 31.2 Å². The number of ether oxygens (including phenoxy) is 1. The average molecular weight is 284 g/mol. The van der Waals surface area contributed by atoms with Gasteiger partial charge in [-0.2, -0.15) is 0 Å². The lowest BCUT2D eigenvalue weighted by Gasteiger charge is -2.29. The number of morpholine rings is 1. The van der Waals surface area contributed by atoms with Crippen molar-refractivity contribution in [3.05, 3.63) is 58.6 Å². The van der Waals surface area contributed by atoms with Gasteiger partial charge in [0.1, 0.15) is 0 Å². The monoisotopic (exact) mass is 284 g/mol. The van der Waals surface area contributed by atoms with Gasteiger partial charge in [0.2, 0.25) is 0 Å². The molecular weight excluding hydrogens is 268 g/mol. The minimum absolute atomic E-state index is 0.123. The van der Waals surface area contributed by atoms with Crippen molar-refractivity contribution in [3.8, 4) is 11.1 Å². The highest BCUT2D eigenvalue weighted by Gasteiger charge is 2.17. The quantitative estimate of drug-likeness (QED) is 0.642. The van der Waals surface area contributed by atoms with Gasteiger partial charge in [-0.25, -0.2) is 0 Å². The zero-order valence-corrected chi connectivity index (χ0v) is 11.6. The third-order valence-electron chi connectivity index (χ3n) is 3.60. The Bertz CT molecular complexity index is 637. The third-order valence-corrected chi connectivity index (χ3v) is 3.60. The van der Waals surface area contributed by atoms with Crippen LogP contribution in [-0.4, -0.2) is 31.2 Å². The van der Waals surface area contributed by atoms with E-state index < -0.39 is 0 Å². The molecule has 0 aliphatic carbocycles. The summed E-state index contributed by atoms with van der Waals surface area (Å²) in [5.41, 5.74) is 2.85. The molecule has 0 N–H and O–H groups in total. The van der Waals surface area contributed by atoms with Crippen molar-refractivity contribution in [1.29, 1.82) is 0 Å². The van der Waals surface area contributed by atoms with Crippen LogP contribution in [0.2, 0.25) is 0 Å². The number of benzene rings is 2. The van der Waals surface area contributed by atoms with E-state index in [0.717, 1.165) is 29.9 Å². The molecule has 0 atom stereocenters. The first-order valence-electron chi connectivity index (χ1n) is 6.91. The van der Waals surface area contributed by atoms with Crippen LogP contribution < -0.4 is 4.90 Å². The molecule has 2 aromatic carbocycles. The molecular formula is C16H16N2O3. The van der Waals surface area contributed by atoms with Gasteiger partial charge in [-0.15, -0.1) is 0 Å². The molecule has 21 heavy (non-hydrogen) atoms. The number of non-ortho nitro benzene ring substituents is 1. The summed E-state index contributed by atoms with van der Waals surface area (Å²) >= 11 is 0. The minimum Gasteiger partial charge on any atom is -0.378 e. The van der Waals surface area contributed by atoms with E-state index in [-0.39, 0.29) is 10.6 Å². The highest BCUT2D eigenvalue weighted by atomic mass is 16.6. The first-order valence-corrected chi connectivity index (χ1v) is 6.91. The molecule has 0 unspecified atom stereocenters. The van der Waals surface area contributed by atoms with E-state index >= 15 is 0 Å². The number of nitro benzene ring substituents is 1. The van der Waals surface area contributed by atoms with E-state index in [4.69, 9.17) is 4.74 Å². The molecule has 1 aliphatic heterocycles. The van der Waals surface area contributed by atoms with Gasteiger partial charge in [-0.3, -0.25) is 10.1 Å². The van der Waals surface area contributed by atoms with Crippen LogP contribution in [0.1, 0.15) is 0 Å².